The molecule has 2 heterocycles. The summed E-state index contributed by atoms with van der Waals surface area (Å²) in [4.78, 5) is 37.7. The second-order valence-electron chi connectivity index (χ2n) is 9.75. The van der Waals surface area contributed by atoms with Gasteiger partial charge < -0.3 is 9.80 Å². The van der Waals surface area contributed by atoms with Gasteiger partial charge in [0.05, 0.1) is 4.92 Å². The smallest absolute Gasteiger partial charge is 0.269 e. The fourth-order valence-corrected chi connectivity index (χ4v) is 4.93. The molecule has 0 saturated carbocycles. The summed E-state index contributed by atoms with van der Waals surface area (Å²) in [6, 6.07) is 26.6. The third kappa shape index (κ3) is 6.29. The number of aromatic nitrogens is 2. The number of nitro groups is 1. The standard InChI is InChI=1S/C31H31N5O3/c1-23-28(22-25-12-15-27(16-13-25)36(38)39)31(33-30(32-23)26-10-6-3-7-11-26)35-20-18-34(19-21-35)29(37)17-14-24-8-4-2-5-9-24/h2-13,15-16H,14,17-22H2,1H3. The number of anilines is 1. The first-order valence-electron chi connectivity index (χ1n) is 13.2. The summed E-state index contributed by atoms with van der Waals surface area (Å²) in [7, 11) is 0. The molecule has 0 bridgehead atoms. The van der Waals surface area contributed by atoms with E-state index in [1.807, 2.05) is 60.4 Å². The largest absolute Gasteiger partial charge is 0.353 e. The van der Waals surface area contributed by atoms with Gasteiger partial charge in [0.1, 0.15) is 5.82 Å². The number of amides is 1. The number of benzene rings is 3. The molecule has 1 aliphatic heterocycles. The van der Waals surface area contributed by atoms with Crippen LogP contribution in [-0.2, 0) is 17.6 Å². The molecular formula is C31H31N5O3. The number of non-ortho nitro benzene ring substituents is 1. The van der Waals surface area contributed by atoms with Crippen LogP contribution in [0.5, 0.6) is 0 Å². The van der Waals surface area contributed by atoms with Gasteiger partial charge in [-0.05, 0) is 24.5 Å². The lowest BCUT2D eigenvalue weighted by molar-refractivity contribution is -0.384. The Balaban J connectivity index is 1.36. The summed E-state index contributed by atoms with van der Waals surface area (Å²) in [5.74, 6) is 1.70. The van der Waals surface area contributed by atoms with Crippen molar-refractivity contribution in [2.45, 2.75) is 26.2 Å². The molecule has 1 fully saturated rings. The van der Waals surface area contributed by atoms with E-state index in [4.69, 9.17) is 9.97 Å². The zero-order valence-electron chi connectivity index (χ0n) is 22.0. The average molecular weight is 522 g/mol. The van der Waals surface area contributed by atoms with Crippen LogP contribution in [0.2, 0.25) is 0 Å². The van der Waals surface area contributed by atoms with E-state index in [2.05, 4.69) is 17.0 Å². The number of carbonyl (C=O) groups excluding carboxylic acids is 1. The average Bonchev–Trinajstić information content (AvgIpc) is 2.98. The molecule has 0 radical (unpaired) electrons. The molecule has 0 unspecified atom stereocenters. The molecule has 0 atom stereocenters. The molecule has 1 aromatic heterocycles. The van der Waals surface area contributed by atoms with Crippen molar-refractivity contribution in [3.63, 3.8) is 0 Å². The minimum Gasteiger partial charge on any atom is -0.353 e. The van der Waals surface area contributed by atoms with Crippen molar-refractivity contribution in [2.75, 3.05) is 31.1 Å². The Bertz CT molecular complexity index is 1430. The molecule has 8 heteroatoms. The van der Waals surface area contributed by atoms with E-state index in [1.165, 1.54) is 17.7 Å². The molecule has 0 spiro atoms. The lowest BCUT2D eigenvalue weighted by Gasteiger charge is -2.36. The Morgan fingerprint density at radius 2 is 1.49 bits per heavy atom. The van der Waals surface area contributed by atoms with E-state index in [0.717, 1.165) is 34.6 Å². The SMILES string of the molecule is Cc1nc(-c2ccccc2)nc(N2CCN(C(=O)CCc3ccccc3)CC2)c1Cc1ccc([N+](=O)[O-])cc1. The van der Waals surface area contributed by atoms with E-state index in [-0.39, 0.29) is 11.6 Å². The summed E-state index contributed by atoms with van der Waals surface area (Å²) in [5, 5.41) is 11.1. The highest BCUT2D eigenvalue weighted by molar-refractivity contribution is 5.77. The maximum absolute atomic E-state index is 12.9. The van der Waals surface area contributed by atoms with E-state index < -0.39 is 4.92 Å². The van der Waals surface area contributed by atoms with E-state index in [9.17, 15) is 14.9 Å². The molecule has 1 saturated heterocycles. The second kappa shape index (κ2) is 11.9. The van der Waals surface area contributed by atoms with Crippen LogP contribution in [0, 0.1) is 17.0 Å². The zero-order chi connectivity index (χ0) is 27.2. The summed E-state index contributed by atoms with van der Waals surface area (Å²) >= 11 is 0. The Labute approximate surface area is 228 Å². The molecule has 1 amide bonds. The van der Waals surface area contributed by atoms with Crippen molar-refractivity contribution in [3.8, 4) is 11.4 Å². The molecule has 0 aliphatic carbocycles. The van der Waals surface area contributed by atoms with Crippen molar-refractivity contribution < 1.29 is 9.72 Å². The van der Waals surface area contributed by atoms with Gasteiger partial charge in [-0.1, -0.05) is 72.8 Å². The molecule has 198 valence electrons. The molecule has 0 N–H and O–H groups in total. The number of hydrogen-bond acceptors (Lipinski definition) is 6. The number of carbonyl (C=O) groups is 1. The predicted octanol–water partition coefficient (Wildman–Crippen LogP) is 5.23. The zero-order valence-corrected chi connectivity index (χ0v) is 22.0. The van der Waals surface area contributed by atoms with Gasteiger partial charge in [-0.25, -0.2) is 9.97 Å². The molecular weight excluding hydrogens is 490 g/mol. The predicted molar refractivity (Wildman–Crippen MR) is 152 cm³/mol. The molecule has 39 heavy (non-hydrogen) atoms. The molecule has 5 rings (SSSR count). The van der Waals surface area contributed by atoms with Crippen molar-refractivity contribution in [2.24, 2.45) is 0 Å². The fourth-order valence-electron chi connectivity index (χ4n) is 4.93. The number of hydrogen-bond donors (Lipinski definition) is 0. The number of piperazine rings is 1. The molecule has 8 nitrogen and oxygen atoms in total. The quantitative estimate of drug-likeness (QED) is 0.233. The van der Waals surface area contributed by atoms with Gasteiger partial charge in [0, 0.05) is 68.0 Å². The Morgan fingerprint density at radius 3 is 2.13 bits per heavy atom. The first-order valence-corrected chi connectivity index (χ1v) is 13.2. The summed E-state index contributed by atoms with van der Waals surface area (Å²) in [6.07, 6.45) is 1.80. The maximum Gasteiger partial charge on any atom is 0.269 e. The summed E-state index contributed by atoms with van der Waals surface area (Å²) in [6.45, 7) is 4.61. The normalized spacial score (nSPS) is 13.4. The number of nitrogens with zero attached hydrogens (tertiary/aromatic N) is 5. The van der Waals surface area contributed by atoms with Gasteiger partial charge in [-0.3, -0.25) is 14.9 Å². The minimum absolute atomic E-state index is 0.0689. The van der Waals surface area contributed by atoms with Crippen LogP contribution < -0.4 is 4.90 Å². The number of rotatable bonds is 8. The molecule has 4 aromatic rings. The van der Waals surface area contributed by atoms with Crippen LogP contribution in [-0.4, -0.2) is 51.9 Å². The van der Waals surface area contributed by atoms with Gasteiger partial charge >= 0.3 is 0 Å². The second-order valence-corrected chi connectivity index (χ2v) is 9.75. The first-order chi connectivity index (χ1) is 19.0. The third-order valence-electron chi connectivity index (χ3n) is 7.15. The lowest BCUT2D eigenvalue weighted by Crippen LogP contribution is -2.49. The molecule has 3 aromatic carbocycles. The van der Waals surface area contributed by atoms with Crippen LogP contribution in [0.15, 0.2) is 84.9 Å². The van der Waals surface area contributed by atoms with Crippen LogP contribution in [0.25, 0.3) is 11.4 Å². The van der Waals surface area contributed by atoms with Gasteiger partial charge in [0.2, 0.25) is 5.91 Å². The fraction of sp³-hybridized carbons (Fsp3) is 0.258. The van der Waals surface area contributed by atoms with Gasteiger partial charge in [0.15, 0.2) is 5.82 Å². The van der Waals surface area contributed by atoms with Crippen molar-refractivity contribution in [1.82, 2.24) is 14.9 Å². The van der Waals surface area contributed by atoms with Gasteiger partial charge in [-0.15, -0.1) is 0 Å². The number of nitro benzene ring substituents is 1. The van der Waals surface area contributed by atoms with E-state index in [1.54, 1.807) is 12.1 Å². The van der Waals surface area contributed by atoms with Crippen LogP contribution >= 0.6 is 0 Å². The van der Waals surface area contributed by atoms with Crippen LogP contribution in [0.1, 0.15) is 28.8 Å². The number of aryl methyl sites for hydroxylation is 2. The highest BCUT2D eigenvalue weighted by atomic mass is 16.6. The topological polar surface area (TPSA) is 92.5 Å². The monoisotopic (exact) mass is 521 g/mol. The third-order valence-corrected chi connectivity index (χ3v) is 7.15. The Kier molecular flexibility index (Phi) is 7.91. The summed E-state index contributed by atoms with van der Waals surface area (Å²) < 4.78 is 0. The van der Waals surface area contributed by atoms with E-state index in [0.29, 0.717) is 44.8 Å². The van der Waals surface area contributed by atoms with Crippen LogP contribution in [0.4, 0.5) is 11.5 Å². The summed E-state index contributed by atoms with van der Waals surface area (Å²) in [5.41, 5.74) is 5.00. The van der Waals surface area contributed by atoms with E-state index >= 15 is 0 Å². The lowest BCUT2D eigenvalue weighted by atomic mass is 10.0. The highest BCUT2D eigenvalue weighted by Gasteiger charge is 2.25. The van der Waals surface area contributed by atoms with Gasteiger partial charge in [0.25, 0.3) is 5.69 Å². The Hall–Kier alpha value is -4.59. The van der Waals surface area contributed by atoms with Crippen LogP contribution in [0.3, 0.4) is 0 Å². The van der Waals surface area contributed by atoms with Gasteiger partial charge in [-0.2, -0.15) is 0 Å². The first kappa shape index (κ1) is 26.0. The van der Waals surface area contributed by atoms with Crippen molar-refractivity contribution >= 4 is 17.4 Å². The highest BCUT2D eigenvalue weighted by Crippen LogP contribution is 2.29. The Morgan fingerprint density at radius 1 is 0.846 bits per heavy atom. The van der Waals surface area contributed by atoms with Crippen molar-refractivity contribution in [1.29, 1.82) is 0 Å². The minimum atomic E-state index is -0.390. The molecule has 1 aliphatic rings. The maximum atomic E-state index is 12.9. The van der Waals surface area contributed by atoms with Crippen molar-refractivity contribution in [3.05, 3.63) is 117 Å².